The van der Waals surface area contributed by atoms with Crippen LogP contribution in [0.2, 0.25) is 0 Å². The van der Waals surface area contributed by atoms with Gasteiger partial charge in [-0.15, -0.1) is 0 Å². The van der Waals surface area contributed by atoms with Gasteiger partial charge in [-0.25, -0.2) is 17.9 Å². The normalized spacial score (nSPS) is 18.8. The highest BCUT2D eigenvalue weighted by Gasteiger charge is 2.33. The van der Waals surface area contributed by atoms with Crippen LogP contribution in [-0.2, 0) is 10.0 Å². The average molecular weight is 333 g/mol. The van der Waals surface area contributed by atoms with Crippen LogP contribution in [0, 0.1) is 5.82 Å². The summed E-state index contributed by atoms with van der Waals surface area (Å²) in [7, 11) is -3.88. The minimum absolute atomic E-state index is 0.0630. The highest BCUT2D eigenvalue weighted by Crippen LogP contribution is 2.35. The minimum atomic E-state index is -3.88. The Balaban J connectivity index is 2.18. The molecular formula is C13H20FN3O2S2. The zero-order valence-corrected chi connectivity index (χ0v) is 13.5. The highest BCUT2D eigenvalue weighted by molar-refractivity contribution is 8.00. The summed E-state index contributed by atoms with van der Waals surface area (Å²) in [5.41, 5.74) is 6.25. The largest absolute Gasteiger partial charge is 0.369 e. The van der Waals surface area contributed by atoms with E-state index >= 15 is 0 Å². The number of anilines is 1. The van der Waals surface area contributed by atoms with Crippen molar-refractivity contribution in [2.24, 2.45) is 10.9 Å². The molecule has 0 radical (unpaired) electrons. The lowest BCUT2D eigenvalue weighted by Gasteiger charge is -2.41. The fraction of sp³-hybridized carbons (Fsp3) is 0.538. The van der Waals surface area contributed by atoms with Gasteiger partial charge in [0.15, 0.2) is 0 Å². The summed E-state index contributed by atoms with van der Waals surface area (Å²) in [6, 6.07) is 3.79. The van der Waals surface area contributed by atoms with E-state index in [1.165, 1.54) is 12.1 Å². The van der Waals surface area contributed by atoms with Crippen molar-refractivity contribution in [3.63, 3.8) is 0 Å². The molecule has 2 rings (SSSR count). The summed E-state index contributed by atoms with van der Waals surface area (Å²) in [4.78, 5) is 1.72. The summed E-state index contributed by atoms with van der Waals surface area (Å²) in [5.74, 6) is -0.564. The number of rotatable bonds is 4. The van der Waals surface area contributed by atoms with Crippen LogP contribution < -0.4 is 15.8 Å². The standard InChI is InChI=1S/C13H20FN3O2S2/c1-20-13(9-15)4-6-17(7-5-13)12-3-2-10(8-11(12)14)21(16,18)19/h2-3,8H,4-7,9,15H2,1H3,(H2,16,18,19). The number of nitrogens with two attached hydrogens (primary N) is 2. The Kier molecular flexibility index (Phi) is 4.82. The molecule has 1 aromatic carbocycles. The Labute approximate surface area is 128 Å². The van der Waals surface area contributed by atoms with Gasteiger partial charge in [0.25, 0.3) is 0 Å². The lowest BCUT2D eigenvalue weighted by atomic mass is 9.95. The molecule has 8 heteroatoms. The smallest absolute Gasteiger partial charge is 0.238 e. The Morgan fingerprint density at radius 3 is 2.43 bits per heavy atom. The van der Waals surface area contributed by atoms with Crippen LogP contribution in [0.15, 0.2) is 23.1 Å². The first-order valence-corrected chi connectivity index (χ1v) is 9.41. The summed E-state index contributed by atoms with van der Waals surface area (Å²) in [6.45, 7) is 2.00. The molecule has 0 bridgehead atoms. The van der Waals surface area contributed by atoms with Gasteiger partial charge in [0.1, 0.15) is 5.82 Å². The lowest BCUT2D eigenvalue weighted by Crippen LogP contribution is -2.46. The maximum Gasteiger partial charge on any atom is 0.238 e. The van der Waals surface area contributed by atoms with Crippen LogP contribution in [0.25, 0.3) is 0 Å². The van der Waals surface area contributed by atoms with Crippen LogP contribution in [0.1, 0.15) is 12.8 Å². The second kappa shape index (κ2) is 6.12. The van der Waals surface area contributed by atoms with Gasteiger partial charge in [-0.2, -0.15) is 11.8 Å². The molecule has 0 spiro atoms. The Morgan fingerprint density at radius 1 is 1.38 bits per heavy atom. The first kappa shape index (κ1) is 16.5. The summed E-state index contributed by atoms with van der Waals surface area (Å²) >= 11 is 1.76. The molecule has 118 valence electrons. The average Bonchev–Trinajstić information content (AvgIpc) is 2.46. The Hall–Kier alpha value is -0.830. The molecule has 0 atom stereocenters. The third kappa shape index (κ3) is 3.50. The van der Waals surface area contributed by atoms with Crippen molar-refractivity contribution in [2.45, 2.75) is 22.5 Å². The molecule has 1 aromatic rings. The lowest BCUT2D eigenvalue weighted by molar-refractivity contribution is 0.452. The number of halogens is 1. The van der Waals surface area contributed by atoms with Gasteiger partial charge < -0.3 is 10.6 Å². The van der Waals surface area contributed by atoms with E-state index in [2.05, 4.69) is 0 Å². The van der Waals surface area contributed by atoms with Crippen molar-refractivity contribution in [3.8, 4) is 0 Å². The van der Waals surface area contributed by atoms with E-state index in [0.29, 0.717) is 25.3 Å². The molecule has 1 heterocycles. The maximum atomic E-state index is 14.1. The monoisotopic (exact) mass is 333 g/mol. The van der Waals surface area contributed by atoms with Crippen LogP contribution >= 0.6 is 11.8 Å². The van der Waals surface area contributed by atoms with Crippen molar-refractivity contribution in [1.29, 1.82) is 0 Å². The van der Waals surface area contributed by atoms with Crippen molar-refractivity contribution >= 4 is 27.5 Å². The van der Waals surface area contributed by atoms with Crippen LogP contribution in [0.4, 0.5) is 10.1 Å². The maximum absolute atomic E-state index is 14.1. The van der Waals surface area contributed by atoms with Crippen LogP contribution in [0.3, 0.4) is 0 Å². The van der Waals surface area contributed by atoms with Gasteiger partial charge >= 0.3 is 0 Å². The summed E-state index contributed by atoms with van der Waals surface area (Å²) in [6.07, 6.45) is 3.80. The Bertz CT molecular complexity index is 608. The van der Waals surface area contributed by atoms with E-state index in [-0.39, 0.29) is 9.64 Å². The van der Waals surface area contributed by atoms with Gasteiger partial charge in [-0.05, 0) is 37.3 Å². The molecule has 1 saturated heterocycles. The number of benzene rings is 1. The molecule has 21 heavy (non-hydrogen) atoms. The highest BCUT2D eigenvalue weighted by atomic mass is 32.2. The number of primary sulfonamides is 1. The Morgan fingerprint density at radius 2 is 2.00 bits per heavy atom. The zero-order chi connectivity index (χ0) is 15.7. The number of thioether (sulfide) groups is 1. The topological polar surface area (TPSA) is 89.4 Å². The fourth-order valence-electron chi connectivity index (χ4n) is 2.57. The molecule has 0 unspecified atom stereocenters. The second-order valence-electron chi connectivity index (χ2n) is 5.24. The van der Waals surface area contributed by atoms with E-state index in [0.717, 1.165) is 18.9 Å². The molecule has 0 aliphatic carbocycles. The molecule has 4 N–H and O–H groups in total. The van der Waals surface area contributed by atoms with Gasteiger partial charge in [0, 0.05) is 24.4 Å². The summed E-state index contributed by atoms with van der Waals surface area (Å²) < 4.78 is 36.6. The molecule has 5 nitrogen and oxygen atoms in total. The number of hydrogen-bond donors (Lipinski definition) is 2. The third-order valence-corrected chi connectivity index (χ3v) is 6.42. The quantitative estimate of drug-likeness (QED) is 0.862. The molecule has 1 aliphatic rings. The van der Waals surface area contributed by atoms with E-state index in [4.69, 9.17) is 10.9 Å². The molecule has 1 fully saturated rings. The van der Waals surface area contributed by atoms with E-state index in [1.807, 2.05) is 11.2 Å². The van der Waals surface area contributed by atoms with Gasteiger partial charge in [-0.3, -0.25) is 0 Å². The molecule has 0 amide bonds. The van der Waals surface area contributed by atoms with Crippen molar-refractivity contribution in [3.05, 3.63) is 24.0 Å². The van der Waals surface area contributed by atoms with Crippen LogP contribution in [0.5, 0.6) is 0 Å². The zero-order valence-electron chi connectivity index (χ0n) is 11.9. The number of nitrogens with zero attached hydrogens (tertiary/aromatic N) is 1. The van der Waals surface area contributed by atoms with E-state index < -0.39 is 15.8 Å². The number of sulfonamides is 1. The van der Waals surface area contributed by atoms with Gasteiger partial charge in [0.05, 0.1) is 10.6 Å². The van der Waals surface area contributed by atoms with Crippen molar-refractivity contribution in [2.75, 3.05) is 30.8 Å². The van der Waals surface area contributed by atoms with E-state index in [9.17, 15) is 12.8 Å². The number of hydrogen-bond acceptors (Lipinski definition) is 5. The molecular weight excluding hydrogens is 313 g/mol. The predicted octanol–water partition coefficient (Wildman–Crippen LogP) is 1.13. The van der Waals surface area contributed by atoms with E-state index in [1.54, 1.807) is 11.8 Å². The third-order valence-electron chi connectivity index (χ3n) is 4.07. The van der Waals surface area contributed by atoms with Gasteiger partial charge in [-0.1, -0.05) is 0 Å². The van der Waals surface area contributed by atoms with Crippen LogP contribution in [-0.4, -0.2) is 39.1 Å². The minimum Gasteiger partial charge on any atom is -0.369 e. The van der Waals surface area contributed by atoms with Crippen molar-refractivity contribution < 1.29 is 12.8 Å². The fourth-order valence-corrected chi connectivity index (χ4v) is 3.85. The first-order valence-electron chi connectivity index (χ1n) is 6.64. The van der Waals surface area contributed by atoms with Gasteiger partial charge in [0.2, 0.25) is 10.0 Å². The SMILES string of the molecule is CSC1(CN)CCN(c2ccc(S(N)(=O)=O)cc2F)CC1. The molecule has 0 saturated carbocycles. The molecule has 1 aliphatic heterocycles. The number of piperidine rings is 1. The predicted molar refractivity (Wildman–Crippen MR) is 84.5 cm³/mol. The van der Waals surface area contributed by atoms with Crippen molar-refractivity contribution in [1.82, 2.24) is 0 Å². The summed E-state index contributed by atoms with van der Waals surface area (Å²) in [5, 5.41) is 5.00. The second-order valence-corrected chi connectivity index (χ2v) is 8.07. The first-order chi connectivity index (χ1) is 9.81. The molecule has 0 aromatic heterocycles.